The first-order valence-corrected chi connectivity index (χ1v) is 7.24. The van der Waals surface area contributed by atoms with Gasteiger partial charge < -0.3 is 16.0 Å². The summed E-state index contributed by atoms with van der Waals surface area (Å²) in [4.78, 5) is 2.19. The molecule has 0 aromatic heterocycles. The van der Waals surface area contributed by atoms with E-state index in [4.69, 9.17) is 10.9 Å². The van der Waals surface area contributed by atoms with E-state index in [1.54, 1.807) is 0 Å². The molecule has 0 heterocycles. The fraction of sp³-hybridized carbons (Fsp3) is 0.455. The van der Waals surface area contributed by atoms with Crippen LogP contribution >= 0.6 is 0 Å². The summed E-state index contributed by atoms with van der Waals surface area (Å²) in [6.07, 6.45) is 0. The Morgan fingerprint density at radius 3 is 2.61 bits per heavy atom. The summed E-state index contributed by atoms with van der Waals surface area (Å²) in [5, 5.41) is 8.17. The number of nitrogens with two attached hydrogens (primary N) is 2. The van der Waals surface area contributed by atoms with Gasteiger partial charge in [0.1, 0.15) is 0 Å². The van der Waals surface area contributed by atoms with Crippen LogP contribution in [0.5, 0.6) is 0 Å². The van der Waals surface area contributed by atoms with Crippen molar-refractivity contribution in [2.24, 2.45) is 5.14 Å². The van der Waals surface area contributed by atoms with Crippen molar-refractivity contribution < 1.29 is 8.42 Å². The Kier molecular flexibility index (Phi) is 4.94. The molecule has 0 amide bonds. The maximum absolute atomic E-state index is 11.2. The van der Waals surface area contributed by atoms with Crippen LogP contribution in [0.15, 0.2) is 23.1 Å². The molecule has 7 heteroatoms. The second-order valence-corrected chi connectivity index (χ2v) is 5.68. The Balaban J connectivity index is 2.76. The summed E-state index contributed by atoms with van der Waals surface area (Å²) < 4.78 is 22.5. The van der Waals surface area contributed by atoms with E-state index in [0.717, 1.165) is 13.1 Å². The number of likely N-dealkylation sites (N-methyl/N-ethyl adjacent to an activating group) is 1. The number of rotatable bonds is 6. The summed E-state index contributed by atoms with van der Waals surface area (Å²) in [6.45, 7) is 4.54. The molecule has 0 unspecified atom stereocenters. The summed E-state index contributed by atoms with van der Waals surface area (Å²) in [6, 6.07) is 4.39. The maximum Gasteiger partial charge on any atom is 0.238 e. The number of nitrogens with one attached hydrogen (secondary N) is 1. The number of anilines is 2. The Hall–Kier alpha value is -1.31. The molecular formula is C11H20N4O2S. The zero-order valence-corrected chi connectivity index (χ0v) is 11.5. The highest BCUT2D eigenvalue weighted by Crippen LogP contribution is 2.21. The minimum absolute atomic E-state index is 0.0584. The molecule has 0 atom stereocenters. The van der Waals surface area contributed by atoms with Gasteiger partial charge in [0.2, 0.25) is 10.0 Å². The van der Waals surface area contributed by atoms with Gasteiger partial charge in [-0.25, -0.2) is 13.6 Å². The van der Waals surface area contributed by atoms with Gasteiger partial charge in [0.05, 0.1) is 16.3 Å². The van der Waals surface area contributed by atoms with Crippen LogP contribution < -0.4 is 16.2 Å². The molecule has 0 aliphatic carbocycles. The molecule has 0 fully saturated rings. The van der Waals surface area contributed by atoms with E-state index < -0.39 is 10.0 Å². The van der Waals surface area contributed by atoms with E-state index in [0.29, 0.717) is 17.9 Å². The van der Waals surface area contributed by atoms with Crippen LogP contribution in [0.3, 0.4) is 0 Å². The molecule has 6 nitrogen and oxygen atoms in total. The van der Waals surface area contributed by atoms with E-state index >= 15 is 0 Å². The molecule has 0 saturated carbocycles. The molecule has 1 rings (SSSR count). The largest absolute Gasteiger partial charge is 0.397 e. The first-order chi connectivity index (χ1) is 8.34. The van der Waals surface area contributed by atoms with Gasteiger partial charge in [-0.15, -0.1) is 0 Å². The lowest BCUT2D eigenvalue weighted by atomic mass is 10.2. The van der Waals surface area contributed by atoms with Crippen molar-refractivity contribution >= 4 is 21.4 Å². The normalized spacial score (nSPS) is 11.8. The van der Waals surface area contributed by atoms with Gasteiger partial charge in [-0.1, -0.05) is 6.92 Å². The number of hydrogen-bond acceptors (Lipinski definition) is 5. The first-order valence-electron chi connectivity index (χ1n) is 5.69. The maximum atomic E-state index is 11.2. The lowest BCUT2D eigenvalue weighted by Crippen LogP contribution is -2.25. The van der Waals surface area contributed by atoms with Crippen LogP contribution in [0.2, 0.25) is 0 Å². The lowest BCUT2D eigenvalue weighted by Gasteiger charge is -2.16. The molecule has 0 saturated heterocycles. The van der Waals surface area contributed by atoms with Gasteiger partial charge >= 0.3 is 0 Å². The van der Waals surface area contributed by atoms with Crippen molar-refractivity contribution in [3.63, 3.8) is 0 Å². The van der Waals surface area contributed by atoms with Crippen molar-refractivity contribution in [2.45, 2.75) is 11.8 Å². The van der Waals surface area contributed by atoms with E-state index in [1.165, 1.54) is 18.2 Å². The zero-order chi connectivity index (χ0) is 13.8. The molecule has 0 aliphatic rings. The smallest absolute Gasteiger partial charge is 0.238 e. The van der Waals surface area contributed by atoms with Gasteiger partial charge in [-0.2, -0.15) is 0 Å². The molecule has 0 radical (unpaired) electrons. The predicted molar refractivity (Wildman–Crippen MR) is 73.9 cm³/mol. The second-order valence-electron chi connectivity index (χ2n) is 4.12. The Labute approximate surface area is 108 Å². The quantitative estimate of drug-likeness (QED) is 0.646. The van der Waals surface area contributed by atoms with Crippen LogP contribution in [0.25, 0.3) is 0 Å². The minimum Gasteiger partial charge on any atom is -0.397 e. The number of primary sulfonamides is 1. The fourth-order valence-corrected chi connectivity index (χ4v) is 1.94. The lowest BCUT2D eigenvalue weighted by molar-refractivity contribution is 0.367. The molecule has 1 aromatic carbocycles. The molecule has 5 N–H and O–H groups in total. The third-order valence-corrected chi connectivity index (χ3v) is 3.61. The van der Waals surface area contributed by atoms with Gasteiger partial charge in [-0.3, -0.25) is 0 Å². The zero-order valence-electron chi connectivity index (χ0n) is 10.7. The van der Waals surface area contributed by atoms with E-state index in [9.17, 15) is 8.42 Å². The SMILES string of the molecule is CCN(C)CCNc1cc(S(N)(=O)=O)ccc1N. The Morgan fingerprint density at radius 2 is 2.06 bits per heavy atom. The molecule has 1 aromatic rings. The first kappa shape index (κ1) is 14.7. The second kappa shape index (κ2) is 6.03. The molecule has 0 aliphatic heterocycles. The topological polar surface area (TPSA) is 101 Å². The number of nitrogens with zero attached hydrogens (tertiary/aromatic N) is 1. The molecule has 18 heavy (non-hydrogen) atoms. The monoisotopic (exact) mass is 272 g/mol. The summed E-state index contributed by atoms with van der Waals surface area (Å²) in [5.74, 6) is 0. The van der Waals surface area contributed by atoms with Gasteiger partial charge in [-0.05, 0) is 31.8 Å². The molecule has 0 spiro atoms. The average Bonchev–Trinajstić information content (AvgIpc) is 2.29. The van der Waals surface area contributed by atoms with Crippen molar-refractivity contribution in [1.29, 1.82) is 0 Å². The van der Waals surface area contributed by atoms with Gasteiger partial charge in [0.15, 0.2) is 0 Å². The van der Waals surface area contributed by atoms with Crippen LogP contribution in [-0.4, -0.2) is 40.0 Å². The molecule has 0 bridgehead atoms. The van der Waals surface area contributed by atoms with Crippen molar-refractivity contribution in [3.8, 4) is 0 Å². The van der Waals surface area contributed by atoms with Crippen LogP contribution in [0.1, 0.15) is 6.92 Å². The van der Waals surface area contributed by atoms with Crippen molar-refractivity contribution in [2.75, 3.05) is 37.7 Å². The summed E-state index contributed by atoms with van der Waals surface area (Å²) in [5.41, 5.74) is 6.86. The van der Waals surface area contributed by atoms with Crippen molar-refractivity contribution in [1.82, 2.24) is 4.90 Å². The molecular weight excluding hydrogens is 252 g/mol. The Bertz CT molecular complexity index is 502. The minimum atomic E-state index is -3.69. The van der Waals surface area contributed by atoms with E-state index in [2.05, 4.69) is 17.1 Å². The van der Waals surface area contributed by atoms with E-state index in [1.807, 2.05) is 7.05 Å². The highest BCUT2D eigenvalue weighted by atomic mass is 32.2. The van der Waals surface area contributed by atoms with Gasteiger partial charge in [0.25, 0.3) is 0 Å². The van der Waals surface area contributed by atoms with Crippen LogP contribution in [-0.2, 0) is 10.0 Å². The highest BCUT2D eigenvalue weighted by molar-refractivity contribution is 7.89. The van der Waals surface area contributed by atoms with Crippen LogP contribution in [0, 0.1) is 0 Å². The predicted octanol–water partition coefficient (Wildman–Crippen LogP) is 0.280. The number of nitrogen functional groups attached to an aromatic ring is 1. The highest BCUT2D eigenvalue weighted by Gasteiger charge is 2.10. The van der Waals surface area contributed by atoms with E-state index in [-0.39, 0.29) is 4.90 Å². The fourth-order valence-electron chi connectivity index (χ4n) is 1.41. The Morgan fingerprint density at radius 1 is 1.39 bits per heavy atom. The summed E-state index contributed by atoms with van der Waals surface area (Å²) >= 11 is 0. The van der Waals surface area contributed by atoms with Crippen molar-refractivity contribution in [3.05, 3.63) is 18.2 Å². The number of benzene rings is 1. The standard InChI is InChI=1S/C11H20N4O2S/c1-3-15(2)7-6-14-11-8-9(18(13,16)17)4-5-10(11)12/h4-5,8,14H,3,6-7,12H2,1-2H3,(H2,13,16,17). The van der Waals surface area contributed by atoms with Gasteiger partial charge in [0, 0.05) is 13.1 Å². The average molecular weight is 272 g/mol. The molecule has 102 valence electrons. The third-order valence-electron chi connectivity index (χ3n) is 2.70. The summed E-state index contributed by atoms with van der Waals surface area (Å²) in [7, 11) is -1.69. The number of hydrogen-bond donors (Lipinski definition) is 3. The van der Waals surface area contributed by atoms with Crippen LogP contribution in [0.4, 0.5) is 11.4 Å². The third kappa shape index (κ3) is 4.17. The number of sulfonamides is 1.